The SMILES string of the molecule is CCCC[C@H](O)[C@H](N)c1ccc2c(c1)c1ccccc1n2CC.Cl. The molecule has 3 N–H and O–H groups in total. The zero-order valence-electron chi connectivity index (χ0n) is 14.4. The van der Waals surface area contributed by atoms with Crippen molar-refractivity contribution < 1.29 is 5.11 Å². The first kappa shape index (κ1) is 18.8. The van der Waals surface area contributed by atoms with Crippen LogP contribution < -0.4 is 5.73 Å². The van der Waals surface area contributed by atoms with Crippen LogP contribution in [0.5, 0.6) is 0 Å². The summed E-state index contributed by atoms with van der Waals surface area (Å²) in [7, 11) is 0. The fraction of sp³-hybridized carbons (Fsp3) is 0.400. The first-order valence-corrected chi connectivity index (χ1v) is 8.61. The van der Waals surface area contributed by atoms with E-state index in [9.17, 15) is 5.11 Å². The predicted molar refractivity (Wildman–Crippen MR) is 105 cm³/mol. The molecule has 3 rings (SSSR count). The van der Waals surface area contributed by atoms with Crippen molar-refractivity contribution in [3.05, 3.63) is 48.0 Å². The highest BCUT2D eigenvalue weighted by atomic mass is 35.5. The quantitative estimate of drug-likeness (QED) is 0.674. The van der Waals surface area contributed by atoms with Crippen LogP contribution >= 0.6 is 12.4 Å². The molecule has 0 aliphatic rings. The van der Waals surface area contributed by atoms with Crippen molar-refractivity contribution in [1.82, 2.24) is 4.57 Å². The summed E-state index contributed by atoms with van der Waals surface area (Å²) in [5.41, 5.74) is 9.79. The number of aliphatic hydroxyl groups is 1. The predicted octanol–water partition coefficient (Wildman–Crippen LogP) is 4.79. The smallest absolute Gasteiger partial charge is 0.0732 e. The van der Waals surface area contributed by atoms with Gasteiger partial charge in [-0.3, -0.25) is 0 Å². The Balaban J connectivity index is 0.00000208. The van der Waals surface area contributed by atoms with Crippen molar-refractivity contribution >= 4 is 34.2 Å². The molecule has 0 unspecified atom stereocenters. The van der Waals surface area contributed by atoms with Crippen LogP contribution in [0.15, 0.2) is 42.5 Å². The van der Waals surface area contributed by atoms with Crippen LogP contribution in [0, 0.1) is 0 Å². The summed E-state index contributed by atoms with van der Waals surface area (Å²) < 4.78 is 2.33. The fourth-order valence-electron chi connectivity index (χ4n) is 3.43. The molecule has 0 fully saturated rings. The number of para-hydroxylation sites is 1. The number of fused-ring (bicyclic) bond motifs is 3. The van der Waals surface area contributed by atoms with Gasteiger partial charge in [-0.25, -0.2) is 0 Å². The number of nitrogens with two attached hydrogens (primary N) is 1. The van der Waals surface area contributed by atoms with Crippen molar-refractivity contribution in [2.75, 3.05) is 0 Å². The number of halogens is 1. The van der Waals surface area contributed by atoms with E-state index >= 15 is 0 Å². The topological polar surface area (TPSA) is 51.2 Å². The van der Waals surface area contributed by atoms with Gasteiger partial charge in [-0.05, 0) is 37.1 Å². The van der Waals surface area contributed by atoms with E-state index in [2.05, 4.69) is 60.9 Å². The summed E-state index contributed by atoms with van der Waals surface area (Å²) in [4.78, 5) is 0. The van der Waals surface area contributed by atoms with E-state index < -0.39 is 6.10 Å². The van der Waals surface area contributed by atoms with E-state index in [-0.39, 0.29) is 18.4 Å². The van der Waals surface area contributed by atoms with Crippen LogP contribution in [0.25, 0.3) is 21.8 Å². The van der Waals surface area contributed by atoms with Gasteiger partial charge in [0.25, 0.3) is 0 Å². The van der Waals surface area contributed by atoms with Gasteiger partial charge in [0.2, 0.25) is 0 Å². The zero-order chi connectivity index (χ0) is 16.4. The molecule has 0 bridgehead atoms. The Hall–Kier alpha value is -1.55. The van der Waals surface area contributed by atoms with Crippen LogP contribution in [0.2, 0.25) is 0 Å². The summed E-state index contributed by atoms with van der Waals surface area (Å²) in [5, 5.41) is 12.8. The van der Waals surface area contributed by atoms with E-state index in [4.69, 9.17) is 5.73 Å². The number of hydrogen-bond donors (Lipinski definition) is 2. The third-order valence-electron chi connectivity index (χ3n) is 4.77. The first-order valence-electron chi connectivity index (χ1n) is 8.61. The first-order chi connectivity index (χ1) is 11.2. The normalized spacial score (nSPS) is 13.8. The Morgan fingerprint density at radius 1 is 1.04 bits per heavy atom. The maximum atomic E-state index is 10.3. The summed E-state index contributed by atoms with van der Waals surface area (Å²) in [6.45, 7) is 5.23. The van der Waals surface area contributed by atoms with Crippen molar-refractivity contribution in [3.8, 4) is 0 Å². The highest BCUT2D eigenvalue weighted by molar-refractivity contribution is 6.08. The van der Waals surface area contributed by atoms with Crippen LogP contribution in [0.4, 0.5) is 0 Å². The van der Waals surface area contributed by atoms with Gasteiger partial charge in [0.05, 0.1) is 12.1 Å². The lowest BCUT2D eigenvalue weighted by Gasteiger charge is -2.19. The molecule has 130 valence electrons. The second kappa shape index (κ2) is 8.02. The second-order valence-electron chi connectivity index (χ2n) is 6.27. The molecule has 1 aromatic heterocycles. The largest absolute Gasteiger partial charge is 0.391 e. The average Bonchev–Trinajstić information content (AvgIpc) is 2.92. The number of aromatic nitrogens is 1. The van der Waals surface area contributed by atoms with Crippen molar-refractivity contribution in [1.29, 1.82) is 0 Å². The summed E-state index contributed by atoms with van der Waals surface area (Å²) >= 11 is 0. The van der Waals surface area contributed by atoms with E-state index in [1.165, 1.54) is 21.8 Å². The monoisotopic (exact) mass is 346 g/mol. The van der Waals surface area contributed by atoms with Crippen molar-refractivity contribution in [2.24, 2.45) is 5.73 Å². The fourth-order valence-corrected chi connectivity index (χ4v) is 3.43. The third kappa shape index (κ3) is 3.30. The molecule has 24 heavy (non-hydrogen) atoms. The minimum Gasteiger partial charge on any atom is -0.391 e. The third-order valence-corrected chi connectivity index (χ3v) is 4.77. The molecule has 4 heteroatoms. The number of aryl methyl sites for hydroxylation is 1. The van der Waals surface area contributed by atoms with Crippen molar-refractivity contribution in [3.63, 3.8) is 0 Å². The Morgan fingerprint density at radius 3 is 2.46 bits per heavy atom. The summed E-state index contributed by atoms with van der Waals surface area (Å²) in [6.07, 6.45) is 2.36. The van der Waals surface area contributed by atoms with Crippen LogP contribution in [0.1, 0.15) is 44.7 Å². The van der Waals surface area contributed by atoms with E-state index in [1.54, 1.807) is 0 Å². The molecule has 1 heterocycles. The van der Waals surface area contributed by atoms with Gasteiger partial charge >= 0.3 is 0 Å². The maximum absolute atomic E-state index is 10.3. The maximum Gasteiger partial charge on any atom is 0.0732 e. The lowest BCUT2D eigenvalue weighted by atomic mass is 9.97. The molecule has 2 atom stereocenters. The Bertz CT molecular complexity index is 812. The second-order valence-corrected chi connectivity index (χ2v) is 6.27. The molecule has 0 amide bonds. The molecule has 0 aliphatic heterocycles. The van der Waals surface area contributed by atoms with E-state index in [0.29, 0.717) is 0 Å². The Morgan fingerprint density at radius 2 is 1.75 bits per heavy atom. The average molecular weight is 347 g/mol. The number of unbranched alkanes of at least 4 members (excludes halogenated alkanes) is 1. The lowest BCUT2D eigenvalue weighted by Crippen LogP contribution is -2.26. The number of nitrogens with zero attached hydrogens (tertiary/aromatic N) is 1. The minimum atomic E-state index is -0.480. The molecule has 0 saturated heterocycles. The number of hydrogen-bond acceptors (Lipinski definition) is 2. The minimum absolute atomic E-state index is 0. The van der Waals surface area contributed by atoms with Gasteiger partial charge < -0.3 is 15.4 Å². The standard InChI is InChI=1S/C20H26N2O.ClH/c1-3-5-10-19(23)20(21)14-11-12-18-16(13-14)15-8-6-7-9-17(15)22(18)4-2;/h6-9,11-13,19-20,23H,3-5,10,21H2,1-2H3;1H/t19-,20+;/m0./s1. The van der Waals surface area contributed by atoms with Gasteiger partial charge in [0.1, 0.15) is 0 Å². The lowest BCUT2D eigenvalue weighted by molar-refractivity contribution is 0.132. The van der Waals surface area contributed by atoms with Crippen LogP contribution in [-0.2, 0) is 6.54 Å². The van der Waals surface area contributed by atoms with Gasteiger partial charge in [0, 0.05) is 28.4 Å². The van der Waals surface area contributed by atoms with Crippen LogP contribution in [-0.4, -0.2) is 15.8 Å². The van der Waals surface area contributed by atoms with E-state index in [0.717, 1.165) is 31.4 Å². The molecule has 0 spiro atoms. The van der Waals surface area contributed by atoms with E-state index in [1.807, 2.05) is 0 Å². The van der Waals surface area contributed by atoms with Gasteiger partial charge in [-0.15, -0.1) is 12.4 Å². The van der Waals surface area contributed by atoms with Gasteiger partial charge in [0.15, 0.2) is 0 Å². The number of rotatable bonds is 6. The Kier molecular flexibility index (Phi) is 6.27. The molecule has 3 nitrogen and oxygen atoms in total. The highest BCUT2D eigenvalue weighted by Crippen LogP contribution is 2.31. The molecular formula is C20H27ClN2O. The van der Waals surface area contributed by atoms with Crippen molar-refractivity contribution in [2.45, 2.75) is 51.8 Å². The van der Waals surface area contributed by atoms with Gasteiger partial charge in [-0.2, -0.15) is 0 Å². The van der Waals surface area contributed by atoms with Crippen LogP contribution in [0.3, 0.4) is 0 Å². The highest BCUT2D eigenvalue weighted by Gasteiger charge is 2.18. The molecule has 3 aromatic rings. The summed E-state index contributed by atoms with van der Waals surface area (Å²) in [6, 6.07) is 14.5. The summed E-state index contributed by atoms with van der Waals surface area (Å²) in [5.74, 6) is 0. The number of benzene rings is 2. The Labute approximate surface area is 149 Å². The molecule has 0 aliphatic carbocycles. The molecule has 2 aromatic carbocycles. The molecule has 0 radical (unpaired) electrons. The number of aliphatic hydroxyl groups excluding tert-OH is 1. The zero-order valence-corrected chi connectivity index (χ0v) is 15.2. The molecular weight excluding hydrogens is 320 g/mol. The van der Waals surface area contributed by atoms with Gasteiger partial charge in [-0.1, -0.05) is 44.0 Å². The molecule has 0 saturated carbocycles.